The predicted molar refractivity (Wildman–Crippen MR) is 51.1 cm³/mol. The van der Waals surface area contributed by atoms with Crippen molar-refractivity contribution in [2.45, 2.75) is 46.5 Å². The Kier molecular flexibility index (Phi) is 2.55. The fourth-order valence-corrected chi connectivity index (χ4v) is 1.20. The lowest BCUT2D eigenvalue weighted by molar-refractivity contribution is -0.0975. The lowest BCUT2D eigenvalue weighted by Crippen LogP contribution is -2.54. The summed E-state index contributed by atoms with van der Waals surface area (Å²) in [5.41, 5.74) is 0.0323. The molecule has 0 aromatic rings. The SMILES string of the molecule is CCB1OCC(C)(C)C(C)(C)O1. The number of hydrogen-bond donors (Lipinski definition) is 0. The summed E-state index contributed by atoms with van der Waals surface area (Å²) in [4.78, 5) is 0. The molecule has 0 N–H and O–H groups in total. The smallest absolute Gasteiger partial charge is 0.410 e. The molecule has 0 atom stereocenters. The van der Waals surface area contributed by atoms with E-state index in [-0.39, 0.29) is 18.1 Å². The Labute approximate surface area is 75.8 Å². The van der Waals surface area contributed by atoms with Crippen LogP contribution in [0.3, 0.4) is 0 Å². The molecule has 0 aliphatic carbocycles. The van der Waals surface area contributed by atoms with E-state index in [0.717, 1.165) is 12.9 Å². The van der Waals surface area contributed by atoms with Crippen LogP contribution in [0, 0.1) is 5.41 Å². The van der Waals surface area contributed by atoms with Gasteiger partial charge in [0, 0.05) is 12.0 Å². The first kappa shape index (κ1) is 10.1. The van der Waals surface area contributed by atoms with Crippen LogP contribution in [0.1, 0.15) is 34.6 Å². The highest BCUT2D eigenvalue weighted by atomic mass is 16.6. The zero-order chi connectivity index (χ0) is 9.41. The molecule has 3 heteroatoms. The summed E-state index contributed by atoms with van der Waals surface area (Å²) >= 11 is 0. The van der Waals surface area contributed by atoms with Gasteiger partial charge in [0.1, 0.15) is 0 Å². The first-order valence-electron chi connectivity index (χ1n) is 4.68. The Bertz CT molecular complexity index is 166. The van der Waals surface area contributed by atoms with Gasteiger partial charge in [-0.3, -0.25) is 0 Å². The largest absolute Gasteiger partial charge is 0.456 e. The van der Waals surface area contributed by atoms with Crippen molar-refractivity contribution in [2.24, 2.45) is 5.41 Å². The fraction of sp³-hybridized carbons (Fsp3) is 1.00. The Hall–Kier alpha value is -0.0151. The third-order valence-corrected chi connectivity index (χ3v) is 3.02. The molecular formula is C9H19BO2. The van der Waals surface area contributed by atoms with E-state index in [1.807, 2.05) is 0 Å². The zero-order valence-electron chi connectivity index (χ0n) is 8.81. The second-order valence-corrected chi connectivity index (χ2v) is 4.66. The molecule has 1 fully saturated rings. The average Bonchev–Trinajstić information content (AvgIpc) is 1.95. The minimum absolute atomic E-state index is 0.00646. The summed E-state index contributed by atoms with van der Waals surface area (Å²) in [6.07, 6.45) is 0.930. The highest BCUT2D eigenvalue weighted by molar-refractivity contribution is 6.44. The highest BCUT2D eigenvalue weighted by Crippen LogP contribution is 2.38. The summed E-state index contributed by atoms with van der Waals surface area (Å²) < 4.78 is 11.4. The molecule has 0 bridgehead atoms. The van der Waals surface area contributed by atoms with E-state index in [1.165, 1.54) is 0 Å². The minimum atomic E-state index is -0.0775. The van der Waals surface area contributed by atoms with Crippen LogP contribution in [0.25, 0.3) is 0 Å². The van der Waals surface area contributed by atoms with Gasteiger partial charge in [0.25, 0.3) is 0 Å². The van der Waals surface area contributed by atoms with Crippen molar-refractivity contribution in [1.29, 1.82) is 0 Å². The van der Waals surface area contributed by atoms with Gasteiger partial charge in [-0.05, 0) is 20.2 Å². The summed E-state index contributed by atoms with van der Waals surface area (Å²) in [6, 6.07) is 0. The van der Waals surface area contributed by atoms with Gasteiger partial charge in [0.15, 0.2) is 0 Å². The van der Waals surface area contributed by atoms with E-state index in [0.29, 0.717) is 0 Å². The molecule has 0 aromatic carbocycles. The van der Waals surface area contributed by atoms with Crippen molar-refractivity contribution >= 4 is 7.12 Å². The molecule has 70 valence electrons. The molecule has 0 spiro atoms. The van der Waals surface area contributed by atoms with Gasteiger partial charge in [-0.25, -0.2) is 0 Å². The number of rotatable bonds is 1. The van der Waals surface area contributed by atoms with Crippen molar-refractivity contribution in [3.63, 3.8) is 0 Å². The molecule has 0 radical (unpaired) electrons. The van der Waals surface area contributed by atoms with Crippen molar-refractivity contribution in [1.82, 2.24) is 0 Å². The van der Waals surface area contributed by atoms with E-state index in [4.69, 9.17) is 9.31 Å². The predicted octanol–water partition coefficient (Wildman–Crippen LogP) is 2.35. The lowest BCUT2D eigenvalue weighted by atomic mass is 9.71. The molecule has 0 aromatic heterocycles. The third kappa shape index (κ3) is 1.67. The van der Waals surface area contributed by atoms with Gasteiger partial charge >= 0.3 is 7.12 Å². The molecule has 1 aliphatic rings. The fourth-order valence-electron chi connectivity index (χ4n) is 1.20. The molecule has 1 aliphatic heterocycles. The Morgan fingerprint density at radius 3 is 2.25 bits per heavy atom. The minimum Gasteiger partial charge on any atom is -0.410 e. The Balaban J connectivity index is 2.68. The van der Waals surface area contributed by atoms with Gasteiger partial charge < -0.3 is 9.31 Å². The normalized spacial score (nSPS) is 27.2. The van der Waals surface area contributed by atoms with Gasteiger partial charge in [-0.2, -0.15) is 0 Å². The van der Waals surface area contributed by atoms with E-state index in [2.05, 4.69) is 34.6 Å². The first-order chi connectivity index (χ1) is 5.39. The lowest BCUT2D eigenvalue weighted by Gasteiger charge is -2.47. The van der Waals surface area contributed by atoms with Gasteiger partial charge in [-0.1, -0.05) is 20.8 Å². The second kappa shape index (κ2) is 3.04. The standard InChI is InChI=1S/C9H19BO2/c1-6-10-11-7-8(2,3)9(4,5)12-10/h6-7H2,1-5H3. The van der Waals surface area contributed by atoms with Crippen molar-refractivity contribution < 1.29 is 9.31 Å². The second-order valence-electron chi connectivity index (χ2n) is 4.66. The maximum absolute atomic E-state index is 5.82. The van der Waals surface area contributed by atoms with Gasteiger partial charge in [0.05, 0.1) is 5.60 Å². The molecule has 1 rings (SSSR count). The molecular weight excluding hydrogens is 151 g/mol. The van der Waals surface area contributed by atoms with Crippen molar-refractivity contribution in [3.8, 4) is 0 Å². The molecule has 0 unspecified atom stereocenters. The van der Waals surface area contributed by atoms with Crippen molar-refractivity contribution in [2.75, 3.05) is 6.61 Å². The van der Waals surface area contributed by atoms with Crippen LogP contribution < -0.4 is 0 Å². The molecule has 0 amide bonds. The van der Waals surface area contributed by atoms with E-state index < -0.39 is 0 Å². The molecule has 1 saturated heterocycles. The van der Waals surface area contributed by atoms with Crippen LogP contribution in [0.15, 0.2) is 0 Å². The molecule has 0 saturated carbocycles. The summed E-state index contributed by atoms with van der Waals surface area (Å²) in [6.45, 7) is 11.5. The summed E-state index contributed by atoms with van der Waals surface area (Å²) in [5.74, 6) is 0. The van der Waals surface area contributed by atoms with Crippen LogP contribution in [-0.2, 0) is 9.31 Å². The highest BCUT2D eigenvalue weighted by Gasteiger charge is 2.45. The van der Waals surface area contributed by atoms with E-state index in [1.54, 1.807) is 0 Å². The van der Waals surface area contributed by atoms with Crippen LogP contribution in [-0.4, -0.2) is 19.3 Å². The van der Waals surface area contributed by atoms with E-state index >= 15 is 0 Å². The van der Waals surface area contributed by atoms with Crippen LogP contribution in [0.2, 0.25) is 6.32 Å². The molecule has 12 heavy (non-hydrogen) atoms. The van der Waals surface area contributed by atoms with Gasteiger partial charge in [-0.15, -0.1) is 0 Å². The maximum atomic E-state index is 5.82. The number of hydrogen-bond acceptors (Lipinski definition) is 2. The molecule has 1 heterocycles. The third-order valence-electron chi connectivity index (χ3n) is 3.02. The Morgan fingerprint density at radius 1 is 1.25 bits per heavy atom. The maximum Gasteiger partial charge on any atom is 0.456 e. The average molecular weight is 170 g/mol. The monoisotopic (exact) mass is 170 g/mol. The van der Waals surface area contributed by atoms with E-state index in [9.17, 15) is 0 Å². The van der Waals surface area contributed by atoms with Gasteiger partial charge in [0.2, 0.25) is 0 Å². The topological polar surface area (TPSA) is 18.5 Å². The quantitative estimate of drug-likeness (QED) is 0.562. The molecule has 2 nitrogen and oxygen atoms in total. The van der Waals surface area contributed by atoms with Crippen LogP contribution in [0.5, 0.6) is 0 Å². The summed E-state index contributed by atoms with van der Waals surface area (Å²) in [7, 11) is -0.00646. The van der Waals surface area contributed by atoms with Crippen LogP contribution >= 0.6 is 0 Å². The van der Waals surface area contributed by atoms with Crippen molar-refractivity contribution in [3.05, 3.63) is 0 Å². The Morgan fingerprint density at radius 2 is 1.83 bits per heavy atom. The summed E-state index contributed by atoms with van der Waals surface area (Å²) in [5, 5.41) is 0. The first-order valence-corrected chi connectivity index (χ1v) is 4.68. The zero-order valence-corrected chi connectivity index (χ0v) is 8.81. The van der Waals surface area contributed by atoms with Crippen LogP contribution in [0.4, 0.5) is 0 Å².